The number of halogens is 1. The van der Waals surface area contributed by atoms with Gasteiger partial charge in [0.2, 0.25) is 0 Å². The van der Waals surface area contributed by atoms with E-state index in [4.69, 9.17) is 16.3 Å². The minimum absolute atomic E-state index is 0.181. The Morgan fingerprint density at radius 3 is 2.89 bits per heavy atom. The lowest BCUT2D eigenvalue weighted by Gasteiger charge is -2.24. The monoisotopic (exact) mass is 269 g/mol. The molecule has 0 saturated carbocycles. The van der Waals surface area contributed by atoms with Crippen LogP contribution in [0.1, 0.15) is 10.4 Å². The lowest BCUT2D eigenvalue weighted by atomic mass is 10.1. The number of hydrogen-bond donors (Lipinski definition) is 1. The molecule has 0 bridgehead atoms. The molecule has 0 aliphatic carbocycles. The number of ether oxygens (including phenoxy) is 1. The number of benzene rings is 1. The van der Waals surface area contributed by atoms with Gasteiger partial charge in [0.05, 0.1) is 17.9 Å². The largest absolute Gasteiger partial charge is 0.478 e. The van der Waals surface area contributed by atoms with Crippen LogP contribution in [0.4, 0.5) is 5.69 Å². The van der Waals surface area contributed by atoms with Gasteiger partial charge in [-0.3, -0.25) is 0 Å². The molecule has 0 radical (unpaired) electrons. The Hall–Kier alpha value is -1.52. The number of nitrogens with zero attached hydrogens (tertiary/aromatic N) is 1. The predicted molar refractivity (Wildman–Crippen MR) is 72.7 cm³/mol. The molecule has 0 atom stereocenters. The lowest BCUT2D eigenvalue weighted by Crippen LogP contribution is -2.28. The normalized spacial score (nSPS) is 10.1. The second-order valence-corrected chi connectivity index (χ2v) is 4.13. The van der Waals surface area contributed by atoms with E-state index in [-0.39, 0.29) is 5.56 Å². The van der Waals surface area contributed by atoms with Crippen LogP contribution >= 0.6 is 11.6 Å². The van der Waals surface area contributed by atoms with Crippen molar-refractivity contribution in [1.29, 1.82) is 0 Å². The topological polar surface area (TPSA) is 49.8 Å². The highest BCUT2D eigenvalue weighted by atomic mass is 35.5. The molecule has 0 aliphatic rings. The quantitative estimate of drug-likeness (QED) is 0.773. The van der Waals surface area contributed by atoms with Crippen LogP contribution in [0.15, 0.2) is 30.9 Å². The maximum atomic E-state index is 11.2. The Morgan fingerprint density at radius 2 is 2.33 bits per heavy atom. The van der Waals surface area contributed by atoms with E-state index in [1.54, 1.807) is 25.3 Å². The van der Waals surface area contributed by atoms with E-state index in [0.717, 1.165) is 0 Å². The number of carboxylic acids is 1. The van der Waals surface area contributed by atoms with Crippen molar-refractivity contribution in [2.45, 2.75) is 0 Å². The predicted octanol–water partition coefficient (Wildman–Crippen LogP) is 2.68. The molecule has 0 unspecified atom stereocenters. The zero-order chi connectivity index (χ0) is 13.5. The Bertz CT molecular complexity index is 434. The SMILES string of the molecule is C=CCN(CCOC)c1ccc(Cl)cc1C(=O)O. The van der Waals surface area contributed by atoms with E-state index < -0.39 is 5.97 Å². The highest BCUT2D eigenvalue weighted by Crippen LogP contribution is 2.24. The van der Waals surface area contributed by atoms with Crippen LogP contribution in [0, 0.1) is 0 Å². The zero-order valence-electron chi connectivity index (χ0n) is 10.2. The third-order valence-electron chi connectivity index (χ3n) is 2.44. The van der Waals surface area contributed by atoms with Crippen LogP contribution in [-0.2, 0) is 4.74 Å². The van der Waals surface area contributed by atoms with Crippen LogP contribution in [0.25, 0.3) is 0 Å². The van der Waals surface area contributed by atoms with Crippen molar-refractivity contribution in [2.75, 3.05) is 31.7 Å². The number of carboxylic acid groups (broad SMARTS) is 1. The van der Waals surface area contributed by atoms with Crippen LogP contribution in [0.5, 0.6) is 0 Å². The standard InChI is InChI=1S/C13H16ClNO3/c1-3-6-15(7-8-18-2)12-5-4-10(14)9-11(12)13(16)17/h3-5,9H,1,6-8H2,2H3,(H,16,17). The van der Waals surface area contributed by atoms with E-state index in [1.807, 2.05) is 4.90 Å². The first-order chi connectivity index (χ1) is 8.60. The third kappa shape index (κ3) is 3.75. The fraction of sp³-hybridized carbons (Fsp3) is 0.308. The first kappa shape index (κ1) is 14.5. The Labute approximate surface area is 111 Å². The van der Waals surface area contributed by atoms with Gasteiger partial charge >= 0.3 is 5.97 Å². The van der Waals surface area contributed by atoms with Gasteiger partial charge in [0.25, 0.3) is 0 Å². The number of carbonyl (C=O) groups is 1. The summed E-state index contributed by atoms with van der Waals surface area (Å²) >= 11 is 5.82. The van der Waals surface area contributed by atoms with Gasteiger partial charge in [-0.25, -0.2) is 4.79 Å². The van der Waals surface area contributed by atoms with Gasteiger partial charge in [-0.05, 0) is 18.2 Å². The maximum absolute atomic E-state index is 11.2. The van der Waals surface area contributed by atoms with Crippen molar-refractivity contribution in [1.82, 2.24) is 0 Å². The van der Waals surface area contributed by atoms with Crippen LogP contribution in [-0.4, -0.2) is 37.9 Å². The van der Waals surface area contributed by atoms with E-state index in [2.05, 4.69) is 6.58 Å². The Morgan fingerprint density at radius 1 is 1.61 bits per heavy atom. The van der Waals surface area contributed by atoms with Crippen molar-refractivity contribution >= 4 is 23.3 Å². The molecule has 5 heteroatoms. The van der Waals surface area contributed by atoms with Crippen molar-refractivity contribution < 1.29 is 14.6 Å². The molecule has 0 fully saturated rings. The van der Waals surface area contributed by atoms with Crippen LogP contribution in [0.2, 0.25) is 5.02 Å². The van der Waals surface area contributed by atoms with Crippen LogP contribution in [0.3, 0.4) is 0 Å². The van der Waals surface area contributed by atoms with Crippen molar-refractivity contribution in [3.8, 4) is 0 Å². The molecule has 1 aromatic carbocycles. The summed E-state index contributed by atoms with van der Waals surface area (Å²) in [6, 6.07) is 4.82. The number of rotatable bonds is 7. The molecule has 0 aromatic heterocycles. The average molecular weight is 270 g/mol. The summed E-state index contributed by atoms with van der Waals surface area (Å²) < 4.78 is 5.01. The van der Waals surface area contributed by atoms with Gasteiger partial charge < -0.3 is 14.7 Å². The number of methoxy groups -OCH3 is 1. The van der Waals surface area contributed by atoms with E-state index in [1.165, 1.54) is 6.07 Å². The van der Waals surface area contributed by atoms with E-state index in [0.29, 0.717) is 30.4 Å². The molecule has 1 N–H and O–H groups in total. The lowest BCUT2D eigenvalue weighted by molar-refractivity contribution is 0.0697. The molecule has 0 heterocycles. The molecule has 1 aromatic rings. The highest BCUT2D eigenvalue weighted by Gasteiger charge is 2.15. The van der Waals surface area contributed by atoms with Gasteiger partial charge in [-0.15, -0.1) is 6.58 Å². The van der Waals surface area contributed by atoms with Gasteiger partial charge in [-0.1, -0.05) is 17.7 Å². The van der Waals surface area contributed by atoms with Gasteiger partial charge in [0.15, 0.2) is 0 Å². The highest BCUT2D eigenvalue weighted by molar-refractivity contribution is 6.31. The first-order valence-corrected chi connectivity index (χ1v) is 5.85. The summed E-state index contributed by atoms with van der Waals surface area (Å²) in [6.45, 7) is 5.31. The van der Waals surface area contributed by atoms with E-state index in [9.17, 15) is 9.90 Å². The van der Waals surface area contributed by atoms with Gasteiger partial charge in [0.1, 0.15) is 0 Å². The fourth-order valence-electron chi connectivity index (χ4n) is 1.62. The molecule has 0 spiro atoms. The summed E-state index contributed by atoms with van der Waals surface area (Å²) in [5.41, 5.74) is 0.796. The second-order valence-electron chi connectivity index (χ2n) is 3.69. The van der Waals surface area contributed by atoms with Gasteiger partial charge in [0, 0.05) is 25.2 Å². The smallest absolute Gasteiger partial charge is 0.337 e. The van der Waals surface area contributed by atoms with Crippen molar-refractivity contribution in [3.63, 3.8) is 0 Å². The first-order valence-electron chi connectivity index (χ1n) is 5.47. The molecular formula is C13H16ClNO3. The number of anilines is 1. The summed E-state index contributed by atoms with van der Waals surface area (Å²) in [5.74, 6) is -1.00. The van der Waals surface area contributed by atoms with Gasteiger partial charge in [-0.2, -0.15) is 0 Å². The summed E-state index contributed by atoms with van der Waals surface area (Å²) in [7, 11) is 1.60. The average Bonchev–Trinajstić information content (AvgIpc) is 2.34. The minimum Gasteiger partial charge on any atom is -0.478 e. The van der Waals surface area contributed by atoms with Crippen molar-refractivity contribution in [3.05, 3.63) is 41.4 Å². The summed E-state index contributed by atoms with van der Waals surface area (Å²) in [5, 5.41) is 9.59. The molecular weight excluding hydrogens is 254 g/mol. The molecule has 0 amide bonds. The van der Waals surface area contributed by atoms with E-state index >= 15 is 0 Å². The minimum atomic E-state index is -1.00. The molecule has 0 saturated heterocycles. The second kappa shape index (κ2) is 7.03. The molecule has 0 aliphatic heterocycles. The zero-order valence-corrected chi connectivity index (χ0v) is 11.0. The summed E-state index contributed by atoms with van der Waals surface area (Å²) in [4.78, 5) is 13.1. The Balaban J connectivity index is 3.09. The maximum Gasteiger partial charge on any atom is 0.337 e. The van der Waals surface area contributed by atoms with Crippen molar-refractivity contribution in [2.24, 2.45) is 0 Å². The molecule has 4 nitrogen and oxygen atoms in total. The Kier molecular flexibility index (Phi) is 5.68. The third-order valence-corrected chi connectivity index (χ3v) is 2.68. The molecule has 18 heavy (non-hydrogen) atoms. The number of aromatic carboxylic acids is 1. The fourth-order valence-corrected chi connectivity index (χ4v) is 1.79. The molecule has 1 rings (SSSR count). The van der Waals surface area contributed by atoms with Crippen LogP contribution < -0.4 is 4.90 Å². The number of hydrogen-bond acceptors (Lipinski definition) is 3. The molecule has 98 valence electrons. The summed E-state index contributed by atoms with van der Waals surface area (Å²) in [6.07, 6.45) is 1.72.